The molecular formula is C55H42N2. The van der Waals surface area contributed by atoms with Gasteiger partial charge in [-0.15, -0.1) is 0 Å². The smallest absolute Gasteiger partial charge is 0.0540 e. The topological polar surface area (TPSA) is 6.48 Å². The summed E-state index contributed by atoms with van der Waals surface area (Å²) in [7, 11) is 0. The van der Waals surface area contributed by atoms with Gasteiger partial charge < -0.3 is 9.80 Å². The molecule has 0 saturated heterocycles. The van der Waals surface area contributed by atoms with E-state index in [0.29, 0.717) is 0 Å². The minimum absolute atomic E-state index is 0.0973. The highest BCUT2D eigenvalue weighted by Crippen LogP contribution is 2.52. The van der Waals surface area contributed by atoms with Crippen molar-refractivity contribution in [1.29, 1.82) is 0 Å². The van der Waals surface area contributed by atoms with Crippen molar-refractivity contribution in [3.05, 3.63) is 197 Å². The van der Waals surface area contributed by atoms with Crippen LogP contribution in [0.1, 0.15) is 59.2 Å². The number of nitrogens with zero attached hydrogens (tertiary/aromatic N) is 2. The molecular weight excluding hydrogens is 689 g/mol. The van der Waals surface area contributed by atoms with E-state index < -0.39 is 0 Å². The maximum Gasteiger partial charge on any atom is 0.0540 e. The van der Waals surface area contributed by atoms with Gasteiger partial charge in [-0.25, -0.2) is 0 Å². The monoisotopic (exact) mass is 730 g/mol. The van der Waals surface area contributed by atoms with E-state index in [1.165, 1.54) is 117 Å². The van der Waals surface area contributed by atoms with Crippen molar-refractivity contribution >= 4 is 72.9 Å². The molecule has 0 unspecified atom stereocenters. The lowest BCUT2D eigenvalue weighted by molar-refractivity contribution is 0.659. The Morgan fingerprint density at radius 2 is 1.12 bits per heavy atom. The van der Waals surface area contributed by atoms with Crippen LogP contribution in [-0.2, 0) is 18.3 Å². The van der Waals surface area contributed by atoms with Crippen LogP contribution in [0.3, 0.4) is 0 Å². The van der Waals surface area contributed by atoms with Gasteiger partial charge in [0.2, 0.25) is 0 Å². The van der Waals surface area contributed by atoms with Crippen LogP contribution >= 0.6 is 0 Å². The Morgan fingerprint density at radius 1 is 0.509 bits per heavy atom. The molecule has 2 nitrogen and oxygen atoms in total. The van der Waals surface area contributed by atoms with E-state index in [9.17, 15) is 0 Å². The minimum atomic E-state index is -0.0973. The Kier molecular flexibility index (Phi) is 6.96. The van der Waals surface area contributed by atoms with E-state index in [1.54, 1.807) is 0 Å². The third-order valence-corrected chi connectivity index (χ3v) is 13.3. The van der Waals surface area contributed by atoms with Crippen molar-refractivity contribution in [3.63, 3.8) is 0 Å². The molecule has 1 aliphatic carbocycles. The van der Waals surface area contributed by atoms with Crippen LogP contribution in [0.4, 0.5) is 28.4 Å². The molecule has 3 aliphatic rings. The lowest BCUT2D eigenvalue weighted by Crippen LogP contribution is -2.25. The molecule has 2 heteroatoms. The molecule has 0 atom stereocenters. The lowest BCUT2D eigenvalue weighted by atomic mass is 9.81. The molecule has 0 bridgehead atoms. The number of para-hydroxylation sites is 3. The van der Waals surface area contributed by atoms with Gasteiger partial charge in [-0.05, 0) is 126 Å². The molecule has 0 spiro atoms. The maximum absolute atomic E-state index is 2.52. The predicted molar refractivity (Wildman–Crippen MR) is 242 cm³/mol. The van der Waals surface area contributed by atoms with Gasteiger partial charge in [-0.3, -0.25) is 0 Å². The molecule has 57 heavy (non-hydrogen) atoms. The van der Waals surface area contributed by atoms with E-state index in [-0.39, 0.29) is 5.41 Å². The van der Waals surface area contributed by atoms with Crippen LogP contribution < -0.4 is 9.80 Å². The number of hydrogen-bond donors (Lipinski definition) is 0. The first-order valence-corrected chi connectivity index (χ1v) is 20.5. The molecule has 0 saturated carbocycles. The largest absolute Gasteiger partial charge is 0.341 e. The first-order valence-electron chi connectivity index (χ1n) is 20.5. The number of benzene rings is 9. The van der Waals surface area contributed by atoms with Crippen molar-refractivity contribution in [2.45, 2.75) is 38.5 Å². The zero-order valence-electron chi connectivity index (χ0n) is 32.4. The Bertz CT molecular complexity index is 3080. The van der Waals surface area contributed by atoms with E-state index in [1.807, 2.05) is 0 Å². The van der Waals surface area contributed by atoms with Gasteiger partial charge in [-0.2, -0.15) is 0 Å². The third-order valence-electron chi connectivity index (χ3n) is 13.3. The Hall–Kier alpha value is -6.64. The quantitative estimate of drug-likeness (QED) is 0.131. The van der Waals surface area contributed by atoms with E-state index in [4.69, 9.17) is 0 Å². The summed E-state index contributed by atoms with van der Waals surface area (Å²) in [5.41, 5.74) is 18.5. The minimum Gasteiger partial charge on any atom is -0.341 e. The molecule has 0 radical (unpaired) electrons. The molecule has 0 fully saturated rings. The average Bonchev–Trinajstić information content (AvgIpc) is 3.48. The maximum atomic E-state index is 2.52. The van der Waals surface area contributed by atoms with Crippen LogP contribution in [-0.4, -0.2) is 6.54 Å². The van der Waals surface area contributed by atoms with Crippen LogP contribution in [0, 0.1) is 0 Å². The fourth-order valence-corrected chi connectivity index (χ4v) is 10.5. The number of rotatable bonds is 4. The van der Waals surface area contributed by atoms with Gasteiger partial charge in [0.05, 0.1) is 5.69 Å². The normalized spacial score (nSPS) is 15.3. The van der Waals surface area contributed by atoms with E-state index in [2.05, 4.69) is 194 Å². The van der Waals surface area contributed by atoms with E-state index in [0.717, 1.165) is 19.4 Å². The van der Waals surface area contributed by atoms with Crippen molar-refractivity contribution in [1.82, 2.24) is 0 Å². The Morgan fingerprint density at radius 3 is 1.89 bits per heavy atom. The van der Waals surface area contributed by atoms with Crippen molar-refractivity contribution in [2.75, 3.05) is 16.3 Å². The lowest BCUT2D eigenvalue weighted by Gasteiger charge is -2.34. The number of hydrogen-bond acceptors (Lipinski definition) is 2. The second kappa shape index (κ2) is 12.2. The zero-order valence-corrected chi connectivity index (χ0v) is 32.4. The number of fused-ring (bicyclic) bond motifs is 6. The highest BCUT2D eigenvalue weighted by Gasteiger charge is 2.36. The Labute approximate surface area is 334 Å². The molecule has 0 aromatic heterocycles. The van der Waals surface area contributed by atoms with Gasteiger partial charge in [0.1, 0.15) is 0 Å². The van der Waals surface area contributed by atoms with Crippen LogP contribution in [0.2, 0.25) is 0 Å². The SMILES string of the molecule is CC1(C)c2cc(/C=C/c3ccc4ccc5c(N6c7ccccc7Cc7ccccc76)ccc6ccc3c4c65)ccc2-c2ccc(N3CCCc4ccccc43)cc21. The van der Waals surface area contributed by atoms with Crippen molar-refractivity contribution < 1.29 is 0 Å². The fraction of sp³-hybridized carbons (Fsp3) is 0.127. The van der Waals surface area contributed by atoms with Gasteiger partial charge in [0, 0.05) is 46.5 Å². The first-order chi connectivity index (χ1) is 28.0. The second-order valence-electron chi connectivity index (χ2n) is 16.8. The van der Waals surface area contributed by atoms with Crippen LogP contribution in [0.5, 0.6) is 0 Å². The highest BCUT2D eigenvalue weighted by atomic mass is 15.2. The van der Waals surface area contributed by atoms with Crippen LogP contribution in [0.25, 0.3) is 55.6 Å². The molecule has 2 aliphatic heterocycles. The zero-order chi connectivity index (χ0) is 37.8. The van der Waals surface area contributed by atoms with Gasteiger partial charge in [0.15, 0.2) is 0 Å². The molecule has 0 N–H and O–H groups in total. The summed E-state index contributed by atoms with van der Waals surface area (Å²) in [4.78, 5) is 5.01. The summed E-state index contributed by atoms with van der Waals surface area (Å²) in [5, 5.41) is 7.80. The van der Waals surface area contributed by atoms with E-state index >= 15 is 0 Å². The number of anilines is 5. The molecule has 9 aromatic rings. The van der Waals surface area contributed by atoms with Gasteiger partial charge >= 0.3 is 0 Å². The average molecular weight is 731 g/mol. The standard InChI is InChI=1S/C55H42N2/c1-55(2)47-32-35(18-26-44(47)45-29-25-42(34-48(45)55)56-31-9-13-37-10-3-6-14-49(37)56)17-19-36-20-21-38-23-28-46-52(30-24-39-22-27-43(36)53(38)54(39)46)57-50-15-7-4-11-40(50)33-41-12-5-8-16-51(41)57/h3-8,10-12,14-30,32,34H,9,13,31,33H2,1-2H3/b19-17+. The highest BCUT2D eigenvalue weighted by molar-refractivity contribution is 6.27. The molecule has 9 aromatic carbocycles. The van der Waals surface area contributed by atoms with Gasteiger partial charge in [0.25, 0.3) is 0 Å². The molecule has 272 valence electrons. The summed E-state index contributed by atoms with van der Waals surface area (Å²) < 4.78 is 0. The summed E-state index contributed by atoms with van der Waals surface area (Å²) in [6.07, 6.45) is 7.93. The summed E-state index contributed by atoms with van der Waals surface area (Å²) in [6.45, 7) is 5.86. The molecule has 2 heterocycles. The summed E-state index contributed by atoms with van der Waals surface area (Å²) in [5.74, 6) is 0. The Balaban J connectivity index is 0.923. The van der Waals surface area contributed by atoms with Crippen molar-refractivity contribution in [3.8, 4) is 11.1 Å². The third kappa shape index (κ3) is 4.83. The fourth-order valence-electron chi connectivity index (χ4n) is 10.5. The first kappa shape index (κ1) is 32.6. The van der Waals surface area contributed by atoms with Gasteiger partial charge in [-0.1, -0.05) is 147 Å². The van der Waals surface area contributed by atoms with Crippen LogP contribution in [0.15, 0.2) is 158 Å². The second-order valence-corrected chi connectivity index (χ2v) is 16.8. The molecule has 12 rings (SSSR count). The number of aryl methyl sites for hydroxylation is 1. The summed E-state index contributed by atoms with van der Waals surface area (Å²) >= 11 is 0. The molecule has 0 amide bonds. The van der Waals surface area contributed by atoms with Crippen molar-refractivity contribution in [2.24, 2.45) is 0 Å². The predicted octanol–water partition coefficient (Wildman–Crippen LogP) is 14.5. The summed E-state index contributed by atoms with van der Waals surface area (Å²) in [6, 6.07) is 59.5.